The Bertz CT molecular complexity index is 583. The monoisotopic (exact) mass is 344 g/mol. The van der Waals surface area contributed by atoms with Gasteiger partial charge in [-0.1, -0.05) is 12.1 Å². The first-order valence-corrected chi connectivity index (χ1v) is 7.47. The molecule has 132 valence electrons. The lowest BCUT2D eigenvalue weighted by molar-refractivity contribution is -0.274. The highest BCUT2D eigenvalue weighted by atomic mass is 19.4. The molecule has 0 atom stereocenters. The molecule has 6 nitrogen and oxygen atoms in total. The van der Waals surface area contributed by atoms with Crippen molar-refractivity contribution >= 4 is 11.9 Å². The zero-order valence-electron chi connectivity index (χ0n) is 12.9. The van der Waals surface area contributed by atoms with Crippen molar-refractivity contribution in [3.8, 4) is 5.75 Å². The quantitative estimate of drug-likeness (QED) is 0.517. The lowest BCUT2D eigenvalue weighted by atomic mass is 10.2. The number of hydrogen-bond donors (Lipinski definition) is 3. The third-order valence-corrected chi connectivity index (χ3v) is 3.30. The number of alkyl halides is 3. The number of rotatable bonds is 7. The van der Waals surface area contributed by atoms with Crippen molar-refractivity contribution in [1.82, 2.24) is 10.6 Å². The molecule has 0 saturated heterocycles. The van der Waals surface area contributed by atoms with Crippen molar-refractivity contribution in [2.24, 2.45) is 16.6 Å². The molecular formula is C15H19F3N4O2. The molecule has 1 aromatic carbocycles. The lowest BCUT2D eigenvalue weighted by Crippen LogP contribution is -2.41. The summed E-state index contributed by atoms with van der Waals surface area (Å²) in [5.41, 5.74) is 6.30. The highest BCUT2D eigenvalue weighted by Crippen LogP contribution is 2.27. The zero-order valence-corrected chi connectivity index (χ0v) is 12.9. The Balaban J connectivity index is 1.71. The van der Waals surface area contributed by atoms with Gasteiger partial charge in [0.2, 0.25) is 5.91 Å². The average molecular weight is 344 g/mol. The second-order valence-electron chi connectivity index (χ2n) is 5.49. The largest absolute Gasteiger partial charge is 0.573 e. The van der Waals surface area contributed by atoms with E-state index in [1.807, 2.05) is 0 Å². The molecule has 0 aliphatic heterocycles. The van der Waals surface area contributed by atoms with E-state index in [4.69, 9.17) is 5.73 Å². The molecule has 1 saturated carbocycles. The molecule has 0 unspecified atom stereocenters. The van der Waals surface area contributed by atoms with Gasteiger partial charge >= 0.3 is 6.36 Å². The number of carbonyl (C=O) groups excluding carboxylic acids is 1. The van der Waals surface area contributed by atoms with Crippen LogP contribution in [0.5, 0.6) is 5.75 Å². The van der Waals surface area contributed by atoms with Gasteiger partial charge in [0.25, 0.3) is 0 Å². The van der Waals surface area contributed by atoms with E-state index >= 15 is 0 Å². The summed E-state index contributed by atoms with van der Waals surface area (Å²) in [6.45, 7) is 0.888. The minimum Gasteiger partial charge on any atom is -0.406 e. The number of nitrogens with two attached hydrogens (primary N) is 1. The normalized spacial score (nSPS) is 15.0. The molecule has 1 aromatic rings. The van der Waals surface area contributed by atoms with Gasteiger partial charge in [-0.3, -0.25) is 4.79 Å². The van der Waals surface area contributed by atoms with E-state index in [2.05, 4.69) is 20.4 Å². The number of nitrogens with one attached hydrogen (secondary N) is 2. The molecule has 1 fully saturated rings. The molecular weight excluding hydrogens is 325 g/mol. The number of aliphatic imine (C=N–C) groups is 1. The van der Waals surface area contributed by atoms with E-state index < -0.39 is 6.36 Å². The van der Waals surface area contributed by atoms with Crippen LogP contribution < -0.4 is 21.1 Å². The minimum absolute atomic E-state index is 0.0282. The maximum atomic E-state index is 12.0. The van der Waals surface area contributed by atoms with Crippen molar-refractivity contribution < 1.29 is 22.7 Å². The molecule has 0 bridgehead atoms. The summed E-state index contributed by atoms with van der Waals surface area (Å²) < 4.78 is 39.9. The van der Waals surface area contributed by atoms with Crippen molar-refractivity contribution in [3.63, 3.8) is 0 Å². The molecule has 4 N–H and O–H groups in total. The van der Waals surface area contributed by atoms with Crippen LogP contribution in [0.2, 0.25) is 0 Å². The summed E-state index contributed by atoms with van der Waals surface area (Å²) >= 11 is 0. The van der Waals surface area contributed by atoms with Crippen LogP contribution in [0.25, 0.3) is 0 Å². The first kappa shape index (κ1) is 17.9. The second kappa shape index (κ2) is 7.89. The van der Waals surface area contributed by atoms with E-state index in [-0.39, 0.29) is 30.7 Å². The summed E-state index contributed by atoms with van der Waals surface area (Å²) in [5.74, 6) is 0.235. The van der Waals surface area contributed by atoms with Crippen LogP contribution in [0.15, 0.2) is 29.3 Å². The fourth-order valence-electron chi connectivity index (χ4n) is 1.84. The Labute approximate surface area is 137 Å². The number of halogens is 3. The molecule has 0 heterocycles. The van der Waals surface area contributed by atoms with Gasteiger partial charge in [0.05, 0.1) is 13.1 Å². The van der Waals surface area contributed by atoms with Gasteiger partial charge in [0, 0.05) is 6.54 Å². The van der Waals surface area contributed by atoms with E-state index in [9.17, 15) is 18.0 Å². The molecule has 1 amide bonds. The highest BCUT2D eigenvalue weighted by molar-refractivity contribution is 5.85. The number of nitrogens with zero attached hydrogens (tertiary/aromatic N) is 1. The van der Waals surface area contributed by atoms with E-state index in [1.54, 1.807) is 0 Å². The predicted octanol–water partition coefficient (Wildman–Crippen LogP) is 1.52. The standard InChI is InChI=1S/C15H19F3N4O2/c16-15(17,18)24-12-5-3-11(4-6-12)8-21-14(19)22-9-13(23)20-7-10-1-2-10/h3-6,10H,1-2,7-9H2,(H,20,23)(H3,19,21,22). The van der Waals surface area contributed by atoms with Crippen LogP contribution in [-0.2, 0) is 11.3 Å². The van der Waals surface area contributed by atoms with E-state index in [1.165, 1.54) is 24.3 Å². The summed E-state index contributed by atoms with van der Waals surface area (Å²) in [4.78, 5) is 15.5. The zero-order chi connectivity index (χ0) is 17.6. The summed E-state index contributed by atoms with van der Waals surface area (Å²) in [7, 11) is 0. The van der Waals surface area contributed by atoms with Gasteiger partial charge in [0.15, 0.2) is 5.96 Å². The number of benzene rings is 1. The number of carbonyl (C=O) groups is 1. The smallest absolute Gasteiger partial charge is 0.406 e. The summed E-state index contributed by atoms with van der Waals surface area (Å²) in [5, 5.41) is 5.46. The van der Waals surface area contributed by atoms with Gasteiger partial charge in [-0.2, -0.15) is 0 Å². The van der Waals surface area contributed by atoms with Crippen LogP contribution in [0, 0.1) is 5.92 Å². The van der Waals surface area contributed by atoms with E-state index in [0.717, 1.165) is 12.8 Å². The molecule has 9 heteroatoms. The lowest BCUT2D eigenvalue weighted by Gasteiger charge is -2.09. The first-order chi connectivity index (χ1) is 11.3. The van der Waals surface area contributed by atoms with Crippen LogP contribution in [0.3, 0.4) is 0 Å². The topological polar surface area (TPSA) is 88.7 Å². The van der Waals surface area contributed by atoms with Crippen LogP contribution in [0.1, 0.15) is 18.4 Å². The Kier molecular flexibility index (Phi) is 5.88. The molecule has 0 aromatic heterocycles. The Morgan fingerprint density at radius 2 is 1.92 bits per heavy atom. The van der Waals surface area contributed by atoms with Gasteiger partial charge in [-0.25, -0.2) is 4.99 Å². The Hall–Kier alpha value is -2.45. The van der Waals surface area contributed by atoms with Gasteiger partial charge < -0.3 is 21.1 Å². The number of hydrogen-bond acceptors (Lipinski definition) is 3. The number of ether oxygens (including phenoxy) is 1. The second-order valence-corrected chi connectivity index (χ2v) is 5.49. The third kappa shape index (κ3) is 7.21. The van der Waals surface area contributed by atoms with Gasteiger partial charge in [-0.05, 0) is 36.5 Å². The molecule has 2 rings (SSSR count). The van der Waals surface area contributed by atoms with Crippen LogP contribution in [0.4, 0.5) is 13.2 Å². The third-order valence-electron chi connectivity index (χ3n) is 3.30. The van der Waals surface area contributed by atoms with Gasteiger partial charge in [0.1, 0.15) is 5.75 Å². The van der Waals surface area contributed by atoms with Crippen LogP contribution >= 0.6 is 0 Å². The van der Waals surface area contributed by atoms with Crippen molar-refractivity contribution in [3.05, 3.63) is 29.8 Å². The average Bonchev–Trinajstić information content (AvgIpc) is 3.33. The molecule has 0 radical (unpaired) electrons. The minimum atomic E-state index is -4.71. The first-order valence-electron chi connectivity index (χ1n) is 7.47. The fourth-order valence-corrected chi connectivity index (χ4v) is 1.84. The number of guanidine groups is 1. The van der Waals surface area contributed by atoms with Crippen molar-refractivity contribution in [2.75, 3.05) is 13.1 Å². The van der Waals surface area contributed by atoms with Crippen molar-refractivity contribution in [1.29, 1.82) is 0 Å². The van der Waals surface area contributed by atoms with Crippen molar-refractivity contribution in [2.45, 2.75) is 25.7 Å². The van der Waals surface area contributed by atoms with Crippen LogP contribution in [-0.4, -0.2) is 31.3 Å². The maximum Gasteiger partial charge on any atom is 0.573 e. The number of amides is 1. The Morgan fingerprint density at radius 3 is 2.50 bits per heavy atom. The SMILES string of the molecule is NC(=NCc1ccc(OC(F)(F)F)cc1)NCC(=O)NCC1CC1. The van der Waals surface area contributed by atoms with Gasteiger partial charge in [-0.15, -0.1) is 13.2 Å². The predicted molar refractivity (Wildman–Crippen MR) is 82.2 cm³/mol. The summed E-state index contributed by atoms with van der Waals surface area (Å²) in [6, 6.07) is 5.32. The molecule has 1 aliphatic rings. The summed E-state index contributed by atoms with van der Waals surface area (Å²) in [6.07, 6.45) is -2.40. The fraction of sp³-hybridized carbons (Fsp3) is 0.467. The maximum absolute atomic E-state index is 12.0. The highest BCUT2D eigenvalue weighted by Gasteiger charge is 2.30. The molecule has 1 aliphatic carbocycles. The molecule has 24 heavy (non-hydrogen) atoms. The van der Waals surface area contributed by atoms with E-state index in [0.29, 0.717) is 18.0 Å². The Morgan fingerprint density at radius 1 is 1.25 bits per heavy atom. The molecule has 0 spiro atoms.